The molecule has 1 spiro atoms. The van der Waals surface area contributed by atoms with Crippen molar-refractivity contribution in [2.75, 3.05) is 20.2 Å². The number of piperidine rings is 1. The average Bonchev–Trinajstić information content (AvgIpc) is 3.34. The van der Waals surface area contributed by atoms with Gasteiger partial charge in [-0.2, -0.15) is 5.10 Å². The second-order valence-electron chi connectivity index (χ2n) is 7.31. The van der Waals surface area contributed by atoms with E-state index in [0.717, 1.165) is 30.6 Å². The van der Waals surface area contributed by atoms with Crippen molar-refractivity contribution in [2.45, 2.75) is 37.8 Å². The topological polar surface area (TPSA) is 78.5 Å². The lowest BCUT2D eigenvalue weighted by molar-refractivity contribution is -0.133. The number of likely N-dealkylation sites (tertiary alicyclic amines) is 2. The molecule has 0 radical (unpaired) electrons. The standard InChI is InChI=1S/C20H24N4O3/c1-27-16-4-2-15(3-5-16)14-24-18(25)6-8-20(24)9-12-23(13-10-20)19(26)17-7-11-21-22-17/h2-5,7,11H,6,8-10,12-14H2,1H3,(H,21,22). The minimum absolute atomic E-state index is 0.0200. The minimum atomic E-state index is -0.137. The number of aromatic amines is 1. The molecule has 0 aliphatic carbocycles. The molecule has 142 valence electrons. The van der Waals surface area contributed by atoms with Gasteiger partial charge < -0.3 is 14.5 Å². The Hall–Kier alpha value is -2.83. The number of carbonyl (C=O) groups excluding carboxylic acids is 2. The van der Waals surface area contributed by atoms with Crippen LogP contribution in [0.3, 0.4) is 0 Å². The van der Waals surface area contributed by atoms with Crippen LogP contribution in [0.4, 0.5) is 0 Å². The molecule has 0 unspecified atom stereocenters. The van der Waals surface area contributed by atoms with Crippen LogP contribution in [0.25, 0.3) is 0 Å². The summed E-state index contributed by atoms with van der Waals surface area (Å²) >= 11 is 0. The van der Waals surface area contributed by atoms with Crippen LogP contribution in [0.2, 0.25) is 0 Å². The number of aromatic nitrogens is 2. The summed E-state index contributed by atoms with van der Waals surface area (Å²) in [5.74, 6) is 0.999. The molecular formula is C20H24N4O3. The van der Waals surface area contributed by atoms with Crippen molar-refractivity contribution < 1.29 is 14.3 Å². The number of carbonyl (C=O) groups is 2. The van der Waals surface area contributed by atoms with Gasteiger partial charge in [0, 0.05) is 37.8 Å². The van der Waals surface area contributed by atoms with Crippen LogP contribution in [-0.2, 0) is 11.3 Å². The summed E-state index contributed by atoms with van der Waals surface area (Å²) in [6.07, 6.45) is 4.67. The van der Waals surface area contributed by atoms with Crippen molar-refractivity contribution in [2.24, 2.45) is 0 Å². The van der Waals surface area contributed by atoms with Crippen LogP contribution in [0.15, 0.2) is 36.5 Å². The van der Waals surface area contributed by atoms with Crippen LogP contribution < -0.4 is 4.74 Å². The molecule has 1 N–H and O–H groups in total. The lowest BCUT2D eigenvalue weighted by atomic mass is 9.84. The van der Waals surface area contributed by atoms with E-state index in [0.29, 0.717) is 31.7 Å². The first kappa shape index (κ1) is 17.6. The fourth-order valence-corrected chi connectivity index (χ4v) is 4.23. The number of ether oxygens (including phenoxy) is 1. The highest BCUT2D eigenvalue weighted by Crippen LogP contribution is 2.40. The van der Waals surface area contributed by atoms with Crippen LogP contribution in [-0.4, -0.2) is 57.5 Å². The molecular weight excluding hydrogens is 344 g/mol. The third kappa shape index (κ3) is 3.29. The molecule has 7 nitrogen and oxygen atoms in total. The quantitative estimate of drug-likeness (QED) is 0.898. The molecule has 0 atom stereocenters. The summed E-state index contributed by atoms with van der Waals surface area (Å²) in [4.78, 5) is 29.0. The van der Waals surface area contributed by atoms with Crippen molar-refractivity contribution in [1.29, 1.82) is 0 Å². The van der Waals surface area contributed by atoms with Gasteiger partial charge in [-0.05, 0) is 43.0 Å². The van der Waals surface area contributed by atoms with Crippen LogP contribution >= 0.6 is 0 Å². The maximum Gasteiger partial charge on any atom is 0.271 e. The Balaban J connectivity index is 1.45. The van der Waals surface area contributed by atoms with Crippen molar-refractivity contribution in [3.63, 3.8) is 0 Å². The molecule has 3 heterocycles. The Bertz CT molecular complexity index is 808. The largest absolute Gasteiger partial charge is 0.497 e. The van der Waals surface area contributed by atoms with Gasteiger partial charge in [-0.25, -0.2) is 0 Å². The Labute approximate surface area is 158 Å². The van der Waals surface area contributed by atoms with Crippen molar-refractivity contribution in [3.8, 4) is 5.75 Å². The number of hydrogen-bond donors (Lipinski definition) is 1. The summed E-state index contributed by atoms with van der Waals surface area (Å²) in [7, 11) is 1.65. The molecule has 2 saturated heterocycles. The zero-order valence-corrected chi connectivity index (χ0v) is 15.5. The highest BCUT2D eigenvalue weighted by atomic mass is 16.5. The fourth-order valence-electron chi connectivity index (χ4n) is 4.23. The molecule has 1 aromatic carbocycles. The normalized spacial score (nSPS) is 18.9. The van der Waals surface area contributed by atoms with E-state index in [2.05, 4.69) is 10.2 Å². The maximum atomic E-state index is 12.6. The molecule has 1 aromatic heterocycles. The highest BCUT2D eigenvalue weighted by molar-refractivity contribution is 5.92. The summed E-state index contributed by atoms with van der Waals surface area (Å²) < 4.78 is 5.21. The molecule has 2 aromatic rings. The smallest absolute Gasteiger partial charge is 0.271 e. The molecule has 2 fully saturated rings. The molecule has 0 saturated carbocycles. The van der Waals surface area contributed by atoms with Crippen LogP contribution in [0.5, 0.6) is 5.75 Å². The number of hydrogen-bond acceptors (Lipinski definition) is 4. The predicted molar refractivity (Wildman–Crippen MR) is 99.2 cm³/mol. The predicted octanol–water partition coefficient (Wildman–Crippen LogP) is 2.22. The van der Waals surface area contributed by atoms with E-state index in [1.54, 1.807) is 19.4 Å². The third-order valence-corrected chi connectivity index (χ3v) is 5.89. The number of benzene rings is 1. The number of methoxy groups -OCH3 is 1. The SMILES string of the molecule is COc1ccc(CN2C(=O)CCC23CCN(C(=O)c2ccn[nH]2)CC3)cc1. The van der Waals surface area contributed by atoms with Crippen molar-refractivity contribution in [1.82, 2.24) is 20.0 Å². The number of rotatable bonds is 4. The maximum absolute atomic E-state index is 12.6. The molecule has 2 aliphatic rings. The average molecular weight is 368 g/mol. The molecule has 2 amide bonds. The third-order valence-electron chi connectivity index (χ3n) is 5.89. The second kappa shape index (κ2) is 7.06. The second-order valence-corrected chi connectivity index (χ2v) is 7.31. The number of amides is 2. The number of H-pyrrole nitrogens is 1. The lowest BCUT2D eigenvalue weighted by Crippen LogP contribution is -2.53. The summed E-state index contributed by atoms with van der Waals surface area (Å²) in [5.41, 5.74) is 1.48. The first-order valence-electron chi connectivity index (χ1n) is 9.33. The Morgan fingerprint density at radius 1 is 1.19 bits per heavy atom. The molecule has 4 rings (SSSR count). The molecule has 27 heavy (non-hydrogen) atoms. The van der Waals surface area contributed by atoms with Gasteiger partial charge in [0.15, 0.2) is 0 Å². The Morgan fingerprint density at radius 2 is 1.93 bits per heavy atom. The zero-order valence-electron chi connectivity index (χ0n) is 15.5. The van der Waals surface area contributed by atoms with Crippen molar-refractivity contribution >= 4 is 11.8 Å². The van der Waals surface area contributed by atoms with E-state index in [9.17, 15) is 9.59 Å². The van der Waals surface area contributed by atoms with E-state index in [4.69, 9.17) is 4.74 Å². The van der Waals surface area contributed by atoms with Gasteiger partial charge in [0.25, 0.3) is 5.91 Å². The van der Waals surface area contributed by atoms with E-state index in [1.165, 1.54) is 0 Å². The van der Waals surface area contributed by atoms with E-state index in [-0.39, 0.29) is 17.4 Å². The monoisotopic (exact) mass is 368 g/mol. The van der Waals surface area contributed by atoms with E-state index < -0.39 is 0 Å². The molecule has 2 aliphatic heterocycles. The van der Waals surface area contributed by atoms with Gasteiger partial charge in [0.05, 0.1) is 7.11 Å². The summed E-state index contributed by atoms with van der Waals surface area (Å²) in [5, 5.41) is 6.59. The van der Waals surface area contributed by atoms with Crippen LogP contribution in [0, 0.1) is 0 Å². The van der Waals surface area contributed by atoms with Crippen LogP contribution in [0.1, 0.15) is 41.7 Å². The van der Waals surface area contributed by atoms with E-state index >= 15 is 0 Å². The number of nitrogens with zero attached hydrogens (tertiary/aromatic N) is 3. The fraction of sp³-hybridized carbons (Fsp3) is 0.450. The first-order chi connectivity index (χ1) is 13.1. The summed E-state index contributed by atoms with van der Waals surface area (Å²) in [6.45, 7) is 1.92. The first-order valence-corrected chi connectivity index (χ1v) is 9.33. The molecule has 0 bridgehead atoms. The van der Waals surface area contributed by atoms with E-state index in [1.807, 2.05) is 34.1 Å². The highest BCUT2D eigenvalue weighted by Gasteiger charge is 2.47. The van der Waals surface area contributed by atoms with Gasteiger partial charge >= 0.3 is 0 Å². The Morgan fingerprint density at radius 3 is 2.56 bits per heavy atom. The van der Waals surface area contributed by atoms with Crippen molar-refractivity contribution in [3.05, 3.63) is 47.8 Å². The zero-order chi connectivity index (χ0) is 18.9. The molecule has 7 heteroatoms. The van der Waals surface area contributed by atoms with Gasteiger partial charge in [0.2, 0.25) is 5.91 Å². The number of nitrogens with one attached hydrogen (secondary N) is 1. The minimum Gasteiger partial charge on any atom is -0.497 e. The Kier molecular flexibility index (Phi) is 4.59. The van der Waals surface area contributed by atoms with Gasteiger partial charge in [-0.15, -0.1) is 0 Å². The lowest BCUT2D eigenvalue weighted by Gasteiger charge is -2.45. The summed E-state index contributed by atoms with van der Waals surface area (Å²) in [6, 6.07) is 9.56. The van der Waals surface area contributed by atoms with Gasteiger partial charge in [-0.3, -0.25) is 14.7 Å². The van der Waals surface area contributed by atoms with Gasteiger partial charge in [0.1, 0.15) is 11.4 Å². The van der Waals surface area contributed by atoms with Gasteiger partial charge in [-0.1, -0.05) is 12.1 Å².